The SMILES string of the molecule is O=[N+]([O-])c1ncccc1OCCBr. The topological polar surface area (TPSA) is 65.3 Å². The van der Waals surface area contributed by atoms with Crippen molar-refractivity contribution in [2.45, 2.75) is 0 Å². The van der Waals surface area contributed by atoms with Crippen LogP contribution in [-0.2, 0) is 0 Å². The normalized spacial score (nSPS) is 9.62. The van der Waals surface area contributed by atoms with Crippen LogP contribution in [0.15, 0.2) is 18.3 Å². The molecule has 0 aromatic carbocycles. The molecular weight excluding hydrogens is 240 g/mol. The van der Waals surface area contributed by atoms with Gasteiger partial charge in [-0.2, -0.15) is 0 Å². The molecule has 1 aromatic rings. The van der Waals surface area contributed by atoms with Gasteiger partial charge in [0.1, 0.15) is 6.20 Å². The van der Waals surface area contributed by atoms with E-state index in [-0.39, 0.29) is 11.6 Å². The Morgan fingerprint density at radius 3 is 3.08 bits per heavy atom. The Morgan fingerprint density at radius 1 is 1.69 bits per heavy atom. The van der Waals surface area contributed by atoms with Crippen molar-refractivity contribution < 1.29 is 9.66 Å². The number of alkyl halides is 1. The zero-order valence-corrected chi connectivity index (χ0v) is 8.23. The Bertz CT molecular complexity index is 306. The summed E-state index contributed by atoms with van der Waals surface area (Å²) >= 11 is 3.15. The molecule has 0 atom stereocenters. The van der Waals surface area contributed by atoms with Crippen LogP contribution in [0.5, 0.6) is 5.75 Å². The smallest absolute Gasteiger partial charge is 0.406 e. The van der Waals surface area contributed by atoms with Crippen LogP contribution in [0.3, 0.4) is 0 Å². The molecule has 0 saturated carbocycles. The Balaban J connectivity index is 2.84. The lowest BCUT2D eigenvalue weighted by atomic mass is 10.4. The number of hydrogen-bond donors (Lipinski definition) is 0. The van der Waals surface area contributed by atoms with Crippen LogP contribution in [0.4, 0.5) is 5.82 Å². The van der Waals surface area contributed by atoms with E-state index in [0.717, 1.165) is 0 Å². The van der Waals surface area contributed by atoms with Gasteiger partial charge >= 0.3 is 5.82 Å². The fourth-order valence-corrected chi connectivity index (χ4v) is 0.942. The van der Waals surface area contributed by atoms with Crippen molar-refractivity contribution in [2.24, 2.45) is 0 Å². The molecule has 6 heteroatoms. The van der Waals surface area contributed by atoms with Gasteiger partial charge in [-0.1, -0.05) is 15.9 Å². The summed E-state index contributed by atoms with van der Waals surface area (Å²) in [7, 11) is 0. The van der Waals surface area contributed by atoms with E-state index < -0.39 is 4.92 Å². The van der Waals surface area contributed by atoms with Crippen molar-refractivity contribution >= 4 is 21.7 Å². The number of pyridine rings is 1. The molecular formula is C7H7BrN2O3. The summed E-state index contributed by atoms with van der Waals surface area (Å²) in [6, 6.07) is 3.12. The van der Waals surface area contributed by atoms with Crippen LogP contribution < -0.4 is 4.74 Å². The number of nitro groups is 1. The zero-order chi connectivity index (χ0) is 9.68. The van der Waals surface area contributed by atoms with Gasteiger partial charge in [0.2, 0.25) is 5.75 Å². The molecule has 0 aliphatic rings. The Labute approximate surface area is 83.0 Å². The average Bonchev–Trinajstić information content (AvgIpc) is 2.15. The molecule has 1 rings (SSSR count). The van der Waals surface area contributed by atoms with E-state index in [1.54, 1.807) is 6.07 Å². The van der Waals surface area contributed by atoms with Gasteiger partial charge in [-0.25, -0.2) is 0 Å². The van der Waals surface area contributed by atoms with Crippen molar-refractivity contribution in [2.75, 3.05) is 11.9 Å². The van der Waals surface area contributed by atoms with Gasteiger partial charge in [0.15, 0.2) is 0 Å². The van der Waals surface area contributed by atoms with Gasteiger partial charge in [-0.3, -0.25) is 0 Å². The van der Waals surface area contributed by atoms with Crippen molar-refractivity contribution in [1.82, 2.24) is 4.98 Å². The van der Waals surface area contributed by atoms with E-state index >= 15 is 0 Å². The molecule has 0 fully saturated rings. The number of nitrogens with zero attached hydrogens (tertiary/aromatic N) is 2. The zero-order valence-electron chi connectivity index (χ0n) is 6.64. The molecule has 5 nitrogen and oxygen atoms in total. The summed E-state index contributed by atoms with van der Waals surface area (Å²) < 4.78 is 5.10. The van der Waals surface area contributed by atoms with E-state index in [1.807, 2.05) is 0 Å². The van der Waals surface area contributed by atoms with E-state index in [4.69, 9.17) is 4.74 Å². The van der Waals surface area contributed by atoms with Crippen molar-refractivity contribution in [3.63, 3.8) is 0 Å². The fraction of sp³-hybridized carbons (Fsp3) is 0.286. The number of rotatable bonds is 4. The van der Waals surface area contributed by atoms with E-state index in [9.17, 15) is 10.1 Å². The Hall–Kier alpha value is -1.17. The second-order valence-corrected chi connectivity index (χ2v) is 2.91. The molecule has 0 aliphatic heterocycles. The molecule has 1 aromatic heterocycles. The van der Waals surface area contributed by atoms with Gasteiger partial charge in [0.25, 0.3) is 0 Å². The summed E-state index contributed by atoms with van der Waals surface area (Å²) in [5, 5.41) is 11.1. The Kier molecular flexibility index (Phi) is 3.63. The highest BCUT2D eigenvalue weighted by molar-refractivity contribution is 9.09. The second-order valence-electron chi connectivity index (χ2n) is 2.12. The third kappa shape index (κ3) is 2.66. The predicted molar refractivity (Wildman–Crippen MR) is 50.2 cm³/mol. The summed E-state index contributed by atoms with van der Waals surface area (Å²) in [6.07, 6.45) is 1.36. The maximum absolute atomic E-state index is 10.4. The van der Waals surface area contributed by atoms with Crippen LogP contribution >= 0.6 is 15.9 Å². The van der Waals surface area contributed by atoms with Crippen LogP contribution in [0.25, 0.3) is 0 Å². The third-order valence-electron chi connectivity index (χ3n) is 1.26. The van der Waals surface area contributed by atoms with Gasteiger partial charge in [0.05, 0.1) is 6.61 Å². The van der Waals surface area contributed by atoms with Crippen molar-refractivity contribution in [1.29, 1.82) is 0 Å². The second kappa shape index (κ2) is 4.76. The lowest BCUT2D eigenvalue weighted by Crippen LogP contribution is -2.02. The van der Waals surface area contributed by atoms with Crippen LogP contribution in [0.2, 0.25) is 0 Å². The van der Waals surface area contributed by atoms with Gasteiger partial charge in [-0.15, -0.1) is 0 Å². The highest BCUT2D eigenvalue weighted by atomic mass is 79.9. The molecule has 0 N–H and O–H groups in total. The molecule has 13 heavy (non-hydrogen) atoms. The maximum Gasteiger partial charge on any atom is 0.406 e. The fourth-order valence-electron chi connectivity index (χ4n) is 0.781. The van der Waals surface area contributed by atoms with Gasteiger partial charge < -0.3 is 14.9 Å². The minimum atomic E-state index is -0.566. The molecule has 0 spiro atoms. The Morgan fingerprint density at radius 2 is 2.46 bits per heavy atom. The number of aromatic nitrogens is 1. The first-order chi connectivity index (χ1) is 6.25. The molecule has 0 saturated heterocycles. The summed E-state index contributed by atoms with van der Waals surface area (Å²) in [5.41, 5.74) is 0. The predicted octanol–water partition coefficient (Wildman–Crippen LogP) is 1.76. The van der Waals surface area contributed by atoms with E-state index in [0.29, 0.717) is 11.9 Å². The molecule has 1 heterocycles. The summed E-state index contributed by atoms with van der Waals surface area (Å²) in [6.45, 7) is 0.381. The van der Waals surface area contributed by atoms with Crippen LogP contribution in [0, 0.1) is 10.1 Å². The first kappa shape index (κ1) is 9.91. The standard InChI is InChI=1S/C7H7BrN2O3/c8-3-5-13-6-2-1-4-9-7(6)10(11)12/h1-2,4H,3,5H2. The molecule has 0 radical (unpaired) electrons. The van der Waals surface area contributed by atoms with Gasteiger partial charge in [-0.05, 0) is 22.0 Å². The van der Waals surface area contributed by atoms with E-state index in [1.165, 1.54) is 12.3 Å². The number of halogens is 1. The first-order valence-electron chi connectivity index (χ1n) is 3.54. The van der Waals surface area contributed by atoms with Gasteiger partial charge in [0, 0.05) is 5.33 Å². The lowest BCUT2D eigenvalue weighted by molar-refractivity contribution is -0.390. The van der Waals surface area contributed by atoms with Crippen molar-refractivity contribution in [3.8, 4) is 5.75 Å². The summed E-state index contributed by atoms with van der Waals surface area (Å²) in [4.78, 5) is 13.5. The maximum atomic E-state index is 10.4. The van der Waals surface area contributed by atoms with Crippen LogP contribution in [-0.4, -0.2) is 21.8 Å². The quantitative estimate of drug-likeness (QED) is 0.462. The molecule has 0 amide bonds. The monoisotopic (exact) mass is 246 g/mol. The number of hydrogen-bond acceptors (Lipinski definition) is 4. The average molecular weight is 247 g/mol. The largest absolute Gasteiger partial charge is 0.485 e. The highest BCUT2D eigenvalue weighted by Crippen LogP contribution is 2.22. The highest BCUT2D eigenvalue weighted by Gasteiger charge is 2.14. The first-order valence-corrected chi connectivity index (χ1v) is 4.66. The van der Waals surface area contributed by atoms with Crippen LogP contribution in [0.1, 0.15) is 0 Å². The molecule has 0 bridgehead atoms. The van der Waals surface area contributed by atoms with Crippen molar-refractivity contribution in [3.05, 3.63) is 28.4 Å². The van der Waals surface area contributed by atoms with E-state index in [2.05, 4.69) is 20.9 Å². The summed E-state index contributed by atoms with van der Waals surface area (Å²) in [5.74, 6) is -0.0459. The molecule has 70 valence electrons. The molecule has 0 unspecified atom stereocenters. The minimum absolute atomic E-state index is 0.201. The minimum Gasteiger partial charge on any atom is -0.485 e. The lowest BCUT2D eigenvalue weighted by Gasteiger charge is -2.02. The third-order valence-corrected chi connectivity index (χ3v) is 1.58. The number of ether oxygens (including phenoxy) is 1. The molecule has 0 aliphatic carbocycles.